The average Bonchev–Trinajstić information content (AvgIpc) is 2.74. The van der Waals surface area contributed by atoms with Gasteiger partial charge in [-0.1, -0.05) is 6.07 Å². The van der Waals surface area contributed by atoms with E-state index in [1.807, 2.05) is 4.90 Å². The molecule has 11 heteroatoms. The van der Waals surface area contributed by atoms with Gasteiger partial charge in [0.2, 0.25) is 17.8 Å². The Balaban J connectivity index is 1.67. The van der Waals surface area contributed by atoms with Gasteiger partial charge in [-0.3, -0.25) is 29.5 Å². The number of nitrogens with one attached hydrogen (secondary N) is 3. The second kappa shape index (κ2) is 8.40. The monoisotopic (exact) mass is 440 g/mol. The lowest BCUT2D eigenvalue weighted by Gasteiger charge is -2.34. The summed E-state index contributed by atoms with van der Waals surface area (Å²) in [5.74, 6) is -1.65. The minimum Gasteiger partial charge on any atom is -0.340 e. The van der Waals surface area contributed by atoms with Gasteiger partial charge in [0, 0.05) is 31.1 Å². The van der Waals surface area contributed by atoms with Crippen molar-refractivity contribution < 1.29 is 14.5 Å². The van der Waals surface area contributed by atoms with Crippen molar-refractivity contribution in [3.63, 3.8) is 0 Å². The number of aromatic amines is 1. The first kappa shape index (κ1) is 21.5. The zero-order chi connectivity index (χ0) is 23.0. The molecule has 0 bridgehead atoms. The van der Waals surface area contributed by atoms with Gasteiger partial charge in [-0.15, -0.1) is 0 Å². The van der Waals surface area contributed by atoms with Crippen LogP contribution in [0.4, 0.5) is 23.1 Å². The van der Waals surface area contributed by atoms with Crippen LogP contribution in [-0.2, 0) is 9.59 Å². The quantitative estimate of drug-likeness (QED) is 0.488. The minimum atomic E-state index is -1.07. The van der Waals surface area contributed by atoms with Crippen LogP contribution >= 0.6 is 0 Å². The van der Waals surface area contributed by atoms with Crippen molar-refractivity contribution in [1.82, 2.24) is 9.97 Å². The molecule has 0 saturated carbocycles. The molecule has 11 nitrogen and oxygen atoms in total. The molecule has 2 atom stereocenters. The Kier molecular flexibility index (Phi) is 5.64. The van der Waals surface area contributed by atoms with Crippen LogP contribution in [0.2, 0.25) is 0 Å². The van der Waals surface area contributed by atoms with Gasteiger partial charge in [0.25, 0.3) is 11.2 Å². The number of benzene rings is 1. The van der Waals surface area contributed by atoms with Crippen LogP contribution in [0.3, 0.4) is 0 Å². The number of hydrogen-bond acceptors (Lipinski definition) is 7. The van der Waals surface area contributed by atoms with E-state index in [1.54, 1.807) is 6.92 Å². The van der Waals surface area contributed by atoms with Crippen molar-refractivity contribution in [2.45, 2.75) is 51.5 Å². The predicted molar refractivity (Wildman–Crippen MR) is 118 cm³/mol. The third kappa shape index (κ3) is 4.05. The first-order chi connectivity index (χ1) is 15.2. The number of aryl methyl sites for hydroxylation is 1. The van der Waals surface area contributed by atoms with E-state index in [0.717, 1.165) is 25.8 Å². The fraction of sp³-hybridized carbons (Fsp3) is 0.429. The number of nitrogens with zero attached hydrogens (tertiary/aromatic N) is 3. The lowest BCUT2D eigenvalue weighted by molar-refractivity contribution is -0.384. The van der Waals surface area contributed by atoms with Crippen LogP contribution in [0.25, 0.3) is 0 Å². The summed E-state index contributed by atoms with van der Waals surface area (Å²) < 4.78 is 0. The summed E-state index contributed by atoms with van der Waals surface area (Å²) in [6.45, 7) is 4.49. The van der Waals surface area contributed by atoms with Crippen molar-refractivity contribution in [3.8, 4) is 0 Å². The Morgan fingerprint density at radius 3 is 2.81 bits per heavy atom. The number of aromatic nitrogens is 2. The number of anilines is 3. The van der Waals surface area contributed by atoms with Gasteiger partial charge < -0.3 is 15.5 Å². The molecule has 1 aromatic heterocycles. The summed E-state index contributed by atoms with van der Waals surface area (Å²) in [6.07, 6.45) is 2.83. The number of H-pyrrole nitrogens is 1. The fourth-order valence-corrected chi connectivity index (χ4v) is 4.21. The molecule has 4 rings (SSSR count). The van der Waals surface area contributed by atoms with Gasteiger partial charge in [-0.2, -0.15) is 4.98 Å². The zero-order valence-corrected chi connectivity index (χ0v) is 17.8. The summed E-state index contributed by atoms with van der Waals surface area (Å²) in [4.78, 5) is 58.1. The van der Waals surface area contributed by atoms with E-state index >= 15 is 0 Å². The van der Waals surface area contributed by atoms with E-state index in [9.17, 15) is 24.5 Å². The molecule has 1 fully saturated rings. The van der Waals surface area contributed by atoms with E-state index < -0.39 is 28.2 Å². The Morgan fingerprint density at radius 2 is 2.09 bits per heavy atom. The fourth-order valence-electron chi connectivity index (χ4n) is 4.21. The number of rotatable bonds is 4. The Morgan fingerprint density at radius 1 is 1.31 bits per heavy atom. The third-order valence-corrected chi connectivity index (χ3v) is 6.02. The Labute approximate surface area is 183 Å². The maximum absolute atomic E-state index is 13.0. The lowest BCUT2D eigenvalue weighted by Crippen LogP contribution is -2.42. The van der Waals surface area contributed by atoms with Crippen LogP contribution in [0.5, 0.6) is 0 Å². The number of carbonyl (C=O) groups excluding carboxylic acids is 2. The van der Waals surface area contributed by atoms with Gasteiger partial charge in [-0.05, 0) is 38.7 Å². The summed E-state index contributed by atoms with van der Waals surface area (Å²) in [5, 5.41) is 16.3. The summed E-state index contributed by atoms with van der Waals surface area (Å²) >= 11 is 0. The van der Waals surface area contributed by atoms with Crippen LogP contribution in [0.15, 0.2) is 23.0 Å². The molecule has 2 aliphatic rings. The summed E-state index contributed by atoms with van der Waals surface area (Å²) in [7, 11) is 0. The molecular formula is C21H24N6O5. The van der Waals surface area contributed by atoms with Crippen LogP contribution in [0.1, 0.15) is 49.7 Å². The van der Waals surface area contributed by atoms with E-state index in [4.69, 9.17) is 0 Å². The Hall–Kier alpha value is -3.76. The van der Waals surface area contributed by atoms with E-state index in [2.05, 4.69) is 27.5 Å². The molecule has 0 aliphatic carbocycles. The molecule has 0 radical (unpaired) electrons. The van der Waals surface area contributed by atoms with Crippen molar-refractivity contribution in [2.75, 3.05) is 22.1 Å². The standard InChI is InChI=1S/C21H24N6O5/c1-11-6-7-13(27(31)32)9-15(11)22-19(29)14-10-16(28)23-18-17(14)20(30)25-21(24-18)26-8-4-3-5-12(26)2/h6-7,9,12,14H,3-5,8,10H2,1-2H3,(H,22,29)(H2,23,24,25,28,30)/t12-,14-/m0/s1. The number of nitro benzene ring substituents is 1. The van der Waals surface area contributed by atoms with Gasteiger partial charge in [0.05, 0.1) is 22.1 Å². The number of fused-ring (bicyclic) bond motifs is 1. The smallest absolute Gasteiger partial charge is 0.271 e. The minimum absolute atomic E-state index is 0.0775. The number of hydrogen-bond donors (Lipinski definition) is 3. The van der Waals surface area contributed by atoms with Gasteiger partial charge in [0.1, 0.15) is 5.82 Å². The van der Waals surface area contributed by atoms with E-state index in [1.165, 1.54) is 18.2 Å². The highest BCUT2D eigenvalue weighted by molar-refractivity contribution is 6.04. The van der Waals surface area contributed by atoms with Crippen LogP contribution in [-0.4, -0.2) is 39.3 Å². The maximum Gasteiger partial charge on any atom is 0.271 e. The zero-order valence-electron chi connectivity index (χ0n) is 17.8. The first-order valence-corrected chi connectivity index (χ1v) is 10.5. The Bertz CT molecular complexity index is 1160. The molecule has 2 aliphatic heterocycles. The second-order valence-corrected chi connectivity index (χ2v) is 8.24. The second-order valence-electron chi connectivity index (χ2n) is 8.24. The molecule has 3 N–H and O–H groups in total. The largest absolute Gasteiger partial charge is 0.340 e. The predicted octanol–water partition coefficient (Wildman–Crippen LogP) is 2.43. The average molecular weight is 440 g/mol. The van der Waals surface area contributed by atoms with E-state index in [0.29, 0.717) is 11.5 Å². The third-order valence-electron chi connectivity index (χ3n) is 6.02. The number of amides is 2. The van der Waals surface area contributed by atoms with Gasteiger partial charge >= 0.3 is 0 Å². The number of piperidine rings is 1. The molecule has 1 aromatic carbocycles. The molecule has 2 amide bonds. The topological polar surface area (TPSA) is 150 Å². The molecule has 3 heterocycles. The SMILES string of the molecule is Cc1ccc([N+](=O)[O-])cc1NC(=O)[C@H]1CC(=O)Nc2nc(N3CCCC[C@@H]3C)[nH]c(=O)c21. The van der Waals surface area contributed by atoms with Crippen molar-refractivity contribution >= 4 is 35.0 Å². The summed E-state index contributed by atoms with van der Waals surface area (Å²) in [5.41, 5.74) is 0.288. The van der Waals surface area contributed by atoms with Gasteiger partial charge in [0.15, 0.2) is 0 Å². The number of non-ortho nitro benzene ring substituents is 1. The van der Waals surface area contributed by atoms with Crippen molar-refractivity contribution in [1.29, 1.82) is 0 Å². The van der Waals surface area contributed by atoms with Gasteiger partial charge in [-0.25, -0.2) is 0 Å². The maximum atomic E-state index is 13.0. The normalized spacial score (nSPS) is 20.3. The lowest BCUT2D eigenvalue weighted by atomic mass is 9.92. The van der Waals surface area contributed by atoms with Crippen LogP contribution < -0.4 is 21.1 Å². The molecular weight excluding hydrogens is 416 g/mol. The molecule has 1 saturated heterocycles. The van der Waals surface area contributed by atoms with Crippen molar-refractivity contribution in [2.24, 2.45) is 0 Å². The first-order valence-electron chi connectivity index (χ1n) is 10.5. The number of nitro groups is 1. The highest BCUT2D eigenvalue weighted by Crippen LogP contribution is 2.32. The molecule has 0 unspecified atom stereocenters. The molecule has 0 spiro atoms. The van der Waals surface area contributed by atoms with Crippen LogP contribution in [0, 0.1) is 17.0 Å². The molecule has 168 valence electrons. The highest BCUT2D eigenvalue weighted by atomic mass is 16.6. The van der Waals surface area contributed by atoms with E-state index in [-0.39, 0.29) is 35.2 Å². The highest BCUT2D eigenvalue weighted by Gasteiger charge is 2.36. The van der Waals surface area contributed by atoms with Crippen molar-refractivity contribution in [3.05, 3.63) is 49.8 Å². The molecule has 2 aromatic rings. The number of carbonyl (C=O) groups is 2. The summed E-state index contributed by atoms with van der Waals surface area (Å²) in [6, 6.07) is 4.31. The molecule has 32 heavy (non-hydrogen) atoms.